The summed E-state index contributed by atoms with van der Waals surface area (Å²) in [6, 6.07) is 1.67. The molecular weight excluding hydrogens is 260 g/mol. The van der Waals surface area contributed by atoms with E-state index in [1.165, 1.54) is 12.5 Å². The summed E-state index contributed by atoms with van der Waals surface area (Å²) in [5.41, 5.74) is 1.23. The molecule has 0 saturated heterocycles. The fourth-order valence-corrected chi connectivity index (χ4v) is 1.87. The van der Waals surface area contributed by atoms with Gasteiger partial charge in [-0.15, -0.1) is 0 Å². The molecule has 0 saturated carbocycles. The Balaban J connectivity index is 1.85. The molecule has 7 nitrogen and oxygen atoms in total. The van der Waals surface area contributed by atoms with Crippen LogP contribution in [0.5, 0.6) is 5.75 Å². The normalized spacial score (nSPS) is 10.9. The summed E-state index contributed by atoms with van der Waals surface area (Å²) in [7, 11) is 0. The van der Waals surface area contributed by atoms with Crippen molar-refractivity contribution in [3.8, 4) is 5.75 Å². The van der Waals surface area contributed by atoms with Gasteiger partial charge >= 0.3 is 0 Å². The summed E-state index contributed by atoms with van der Waals surface area (Å²) in [6.07, 6.45) is 2.82. The number of nitrogens with zero attached hydrogens (tertiary/aromatic N) is 3. The van der Waals surface area contributed by atoms with E-state index < -0.39 is 0 Å². The molecule has 3 aromatic heterocycles. The second-order valence-corrected chi connectivity index (χ2v) is 4.29. The number of aryl methyl sites for hydroxylation is 2. The fourth-order valence-electron chi connectivity index (χ4n) is 1.87. The monoisotopic (exact) mass is 272 g/mol. The fraction of sp³-hybridized carbons (Fsp3) is 0.231. The molecule has 20 heavy (non-hydrogen) atoms. The van der Waals surface area contributed by atoms with Gasteiger partial charge in [-0.05, 0) is 6.92 Å². The first-order chi connectivity index (χ1) is 9.63. The predicted octanol–water partition coefficient (Wildman–Crippen LogP) is 1.50. The molecule has 0 aliphatic rings. The number of nitrogens with one attached hydrogen (secondary N) is 1. The van der Waals surface area contributed by atoms with Crippen molar-refractivity contribution < 1.29 is 9.15 Å². The van der Waals surface area contributed by atoms with Gasteiger partial charge in [0.15, 0.2) is 11.4 Å². The van der Waals surface area contributed by atoms with E-state index in [4.69, 9.17) is 9.15 Å². The SMILES string of the molecule is Cc1nc(COc2cnc3c(=O)[nH]cnc3c2)c(C)o1. The van der Waals surface area contributed by atoms with Crippen molar-refractivity contribution in [1.29, 1.82) is 0 Å². The number of fused-ring (bicyclic) bond motifs is 1. The molecule has 0 fully saturated rings. The Morgan fingerprint density at radius 3 is 2.95 bits per heavy atom. The zero-order valence-electron chi connectivity index (χ0n) is 11.0. The molecule has 102 valence electrons. The number of rotatable bonds is 3. The van der Waals surface area contributed by atoms with Gasteiger partial charge in [-0.3, -0.25) is 4.79 Å². The molecule has 0 unspecified atom stereocenters. The molecule has 3 rings (SSSR count). The van der Waals surface area contributed by atoms with Crippen LogP contribution < -0.4 is 10.3 Å². The van der Waals surface area contributed by atoms with Gasteiger partial charge in [-0.2, -0.15) is 0 Å². The van der Waals surface area contributed by atoms with Crippen molar-refractivity contribution in [2.24, 2.45) is 0 Å². The molecule has 0 aliphatic heterocycles. The van der Waals surface area contributed by atoms with Crippen molar-refractivity contribution in [1.82, 2.24) is 19.9 Å². The first-order valence-electron chi connectivity index (χ1n) is 6.02. The Labute approximate surface area is 113 Å². The molecule has 1 N–H and O–H groups in total. The summed E-state index contributed by atoms with van der Waals surface area (Å²) >= 11 is 0. The summed E-state index contributed by atoms with van der Waals surface area (Å²) in [6.45, 7) is 3.89. The van der Waals surface area contributed by atoms with E-state index in [2.05, 4.69) is 19.9 Å². The highest BCUT2D eigenvalue weighted by atomic mass is 16.5. The Bertz CT molecular complexity index is 822. The minimum Gasteiger partial charge on any atom is -0.485 e. The van der Waals surface area contributed by atoms with Crippen molar-refractivity contribution in [2.75, 3.05) is 0 Å². The summed E-state index contributed by atoms with van der Waals surface area (Å²) in [5.74, 6) is 1.85. The number of hydrogen-bond acceptors (Lipinski definition) is 6. The van der Waals surface area contributed by atoms with Crippen LogP contribution in [-0.4, -0.2) is 19.9 Å². The van der Waals surface area contributed by atoms with E-state index in [9.17, 15) is 4.79 Å². The van der Waals surface area contributed by atoms with E-state index in [-0.39, 0.29) is 17.7 Å². The number of pyridine rings is 1. The predicted molar refractivity (Wildman–Crippen MR) is 70.5 cm³/mol. The van der Waals surface area contributed by atoms with Crippen LogP contribution in [0, 0.1) is 13.8 Å². The van der Waals surface area contributed by atoms with Gasteiger partial charge < -0.3 is 14.1 Å². The zero-order chi connectivity index (χ0) is 14.1. The average Bonchev–Trinajstić information content (AvgIpc) is 2.75. The van der Waals surface area contributed by atoms with Gasteiger partial charge in [0.1, 0.15) is 23.8 Å². The van der Waals surface area contributed by atoms with Crippen LogP contribution in [0.1, 0.15) is 17.3 Å². The highest BCUT2D eigenvalue weighted by Crippen LogP contribution is 2.16. The number of aromatic amines is 1. The number of H-pyrrole nitrogens is 1. The largest absolute Gasteiger partial charge is 0.485 e. The van der Waals surface area contributed by atoms with Crippen molar-refractivity contribution in [2.45, 2.75) is 20.5 Å². The number of hydrogen-bond donors (Lipinski definition) is 1. The first kappa shape index (κ1) is 12.3. The lowest BCUT2D eigenvalue weighted by Crippen LogP contribution is -2.08. The number of ether oxygens (including phenoxy) is 1. The van der Waals surface area contributed by atoms with E-state index >= 15 is 0 Å². The second-order valence-electron chi connectivity index (χ2n) is 4.29. The van der Waals surface area contributed by atoms with Crippen molar-refractivity contribution in [3.63, 3.8) is 0 Å². The van der Waals surface area contributed by atoms with Crippen LogP contribution >= 0.6 is 0 Å². The highest BCUT2D eigenvalue weighted by molar-refractivity contribution is 5.73. The second kappa shape index (κ2) is 4.76. The summed E-state index contributed by atoms with van der Waals surface area (Å²) in [5, 5.41) is 0. The topological polar surface area (TPSA) is 93.9 Å². The number of oxazole rings is 1. The van der Waals surface area contributed by atoms with E-state index in [0.717, 1.165) is 11.5 Å². The summed E-state index contributed by atoms with van der Waals surface area (Å²) < 4.78 is 10.9. The maximum absolute atomic E-state index is 11.5. The van der Waals surface area contributed by atoms with Crippen LogP contribution in [0.4, 0.5) is 0 Å². The number of aromatic nitrogens is 4. The molecule has 0 aliphatic carbocycles. The molecule has 0 amide bonds. The Morgan fingerprint density at radius 1 is 1.35 bits per heavy atom. The van der Waals surface area contributed by atoms with Crippen LogP contribution in [-0.2, 0) is 6.61 Å². The van der Waals surface area contributed by atoms with E-state index in [1.807, 2.05) is 6.92 Å². The molecule has 0 atom stereocenters. The molecule has 3 aromatic rings. The molecule has 0 spiro atoms. The van der Waals surface area contributed by atoms with Gasteiger partial charge in [0.05, 0.1) is 18.0 Å². The molecule has 0 aromatic carbocycles. The van der Waals surface area contributed by atoms with Gasteiger partial charge in [0, 0.05) is 13.0 Å². The molecule has 7 heteroatoms. The van der Waals surface area contributed by atoms with Gasteiger partial charge in [0.25, 0.3) is 5.56 Å². The van der Waals surface area contributed by atoms with E-state index in [1.54, 1.807) is 13.0 Å². The van der Waals surface area contributed by atoms with E-state index in [0.29, 0.717) is 17.2 Å². The molecular formula is C13H12N4O3. The Kier molecular flexibility index (Phi) is 2.94. The lowest BCUT2D eigenvalue weighted by atomic mass is 10.3. The first-order valence-corrected chi connectivity index (χ1v) is 6.02. The minimum atomic E-state index is -0.274. The third-order valence-corrected chi connectivity index (χ3v) is 2.83. The van der Waals surface area contributed by atoms with Crippen LogP contribution in [0.15, 0.2) is 27.8 Å². The van der Waals surface area contributed by atoms with Crippen molar-refractivity contribution >= 4 is 11.0 Å². The lowest BCUT2D eigenvalue weighted by molar-refractivity contribution is 0.299. The zero-order valence-corrected chi connectivity index (χ0v) is 11.0. The Hall–Kier alpha value is -2.70. The minimum absolute atomic E-state index is 0.274. The van der Waals surface area contributed by atoms with Gasteiger partial charge in [-0.25, -0.2) is 15.0 Å². The maximum atomic E-state index is 11.5. The van der Waals surface area contributed by atoms with Crippen LogP contribution in [0.25, 0.3) is 11.0 Å². The maximum Gasteiger partial charge on any atom is 0.277 e. The molecule has 3 heterocycles. The van der Waals surface area contributed by atoms with Crippen LogP contribution in [0.2, 0.25) is 0 Å². The third-order valence-electron chi connectivity index (χ3n) is 2.83. The van der Waals surface area contributed by atoms with Crippen molar-refractivity contribution in [3.05, 3.63) is 46.3 Å². The quantitative estimate of drug-likeness (QED) is 0.776. The van der Waals surface area contributed by atoms with Crippen LogP contribution in [0.3, 0.4) is 0 Å². The lowest BCUT2D eigenvalue weighted by Gasteiger charge is -2.04. The smallest absolute Gasteiger partial charge is 0.277 e. The molecule has 0 bridgehead atoms. The third kappa shape index (κ3) is 2.25. The van der Waals surface area contributed by atoms with Gasteiger partial charge in [-0.1, -0.05) is 0 Å². The molecule has 0 radical (unpaired) electrons. The standard InChI is InChI=1S/C13H12N4O3/c1-7-11(17-8(2)20-7)5-19-9-3-10-12(14-4-9)13(18)16-6-15-10/h3-4,6H,5H2,1-2H3,(H,15,16,18). The van der Waals surface area contributed by atoms with Gasteiger partial charge in [0.2, 0.25) is 0 Å². The Morgan fingerprint density at radius 2 is 2.20 bits per heavy atom. The average molecular weight is 272 g/mol. The highest BCUT2D eigenvalue weighted by Gasteiger charge is 2.08. The summed E-state index contributed by atoms with van der Waals surface area (Å²) in [4.78, 5) is 26.3.